The van der Waals surface area contributed by atoms with Crippen molar-refractivity contribution in [3.8, 4) is 0 Å². The lowest BCUT2D eigenvalue weighted by Gasteiger charge is -2.22. The molecule has 0 aromatic carbocycles. The van der Waals surface area contributed by atoms with Gasteiger partial charge >= 0.3 is 0 Å². The van der Waals surface area contributed by atoms with Crippen molar-refractivity contribution in [2.45, 2.75) is 31.5 Å². The van der Waals surface area contributed by atoms with Crippen molar-refractivity contribution < 1.29 is 4.39 Å². The number of piperidine rings is 1. The van der Waals surface area contributed by atoms with Crippen LogP contribution in [0.25, 0.3) is 17.8 Å². The molecule has 3 aromatic rings. The first kappa shape index (κ1) is 17.4. The Kier molecular flexibility index (Phi) is 4.56. The van der Waals surface area contributed by atoms with Crippen LogP contribution in [0.4, 0.5) is 10.2 Å². The van der Waals surface area contributed by atoms with Crippen molar-refractivity contribution in [3.05, 3.63) is 42.0 Å². The zero-order chi connectivity index (χ0) is 18.9. The highest BCUT2D eigenvalue weighted by Gasteiger charge is 2.23. The minimum absolute atomic E-state index is 0.409. The number of hydrogen-bond donors (Lipinski definition) is 1. The maximum atomic E-state index is 13.5. The zero-order valence-electron chi connectivity index (χ0n) is 15.7. The lowest BCUT2D eigenvalue weighted by Crippen LogP contribution is -2.29. The number of halogens is 1. The summed E-state index contributed by atoms with van der Waals surface area (Å²) >= 11 is 0. The third-order valence-corrected chi connectivity index (χ3v) is 5.57. The minimum Gasteiger partial charge on any atom is -0.352 e. The van der Waals surface area contributed by atoms with Crippen molar-refractivity contribution in [2.24, 2.45) is 0 Å². The van der Waals surface area contributed by atoms with Crippen molar-refractivity contribution in [1.82, 2.24) is 29.7 Å². The van der Waals surface area contributed by atoms with Gasteiger partial charge in [-0.2, -0.15) is 5.10 Å². The molecule has 5 rings (SSSR count). The molecule has 0 spiro atoms. The summed E-state index contributed by atoms with van der Waals surface area (Å²) in [5, 5.41) is 12.8. The molecule has 2 aliphatic rings. The summed E-state index contributed by atoms with van der Waals surface area (Å²) in [6.07, 6.45) is 9.85. The van der Waals surface area contributed by atoms with Crippen LogP contribution in [0.15, 0.2) is 30.6 Å². The number of nitrogens with one attached hydrogen (secondary N) is 1. The van der Waals surface area contributed by atoms with Crippen molar-refractivity contribution in [1.29, 1.82) is 0 Å². The Bertz CT molecular complexity index is 986. The van der Waals surface area contributed by atoms with E-state index in [4.69, 9.17) is 5.10 Å². The average Bonchev–Trinajstić information content (AvgIpc) is 3.46. The molecule has 0 bridgehead atoms. The first-order valence-electron chi connectivity index (χ1n) is 9.94. The molecule has 7 nitrogen and oxygen atoms in total. The van der Waals surface area contributed by atoms with Gasteiger partial charge in [-0.15, -0.1) is 5.10 Å². The number of fused-ring (bicyclic) bond motifs is 1. The largest absolute Gasteiger partial charge is 0.352 e. The summed E-state index contributed by atoms with van der Waals surface area (Å²) in [4.78, 5) is 6.40. The fourth-order valence-corrected chi connectivity index (χ4v) is 3.98. The second kappa shape index (κ2) is 7.35. The smallest absolute Gasteiger partial charge is 0.154 e. The molecule has 0 aliphatic carbocycles. The Morgan fingerprint density at radius 3 is 2.79 bits per heavy atom. The van der Waals surface area contributed by atoms with Gasteiger partial charge in [-0.3, -0.25) is 4.68 Å². The Hall–Kier alpha value is -2.74. The third-order valence-electron chi connectivity index (χ3n) is 5.57. The molecule has 0 radical (unpaired) electrons. The van der Waals surface area contributed by atoms with Gasteiger partial charge < -0.3 is 10.2 Å². The molecule has 0 saturated carbocycles. The number of rotatable bonds is 4. The highest BCUT2D eigenvalue weighted by atomic mass is 19.1. The molecule has 2 fully saturated rings. The summed E-state index contributed by atoms with van der Waals surface area (Å²) in [7, 11) is 0. The Labute approximate surface area is 162 Å². The van der Waals surface area contributed by atoms with Crippen molar-refractivity contribution >= 4 is 23.6 Å². The molecular formula is C20H24FN7. The molecule has 1 N–H and O–H groups in total. The molecule has 2 saturated heterocycles. The monoisotopic (exact) mass is 381 g/mol. The topological polar surface area (TPSA) is 63.3 Å². The van der Waals surface area contributed by atoms with Crippen LogP contribution in [0.1, 0.15) is 36.7 Å². The van der Waals surface area contributed by atoms with Crippen LogP contribution < -0.4 is 10.2 Å². The first-order chi connectivity index (χ1) is 13.8. The minimum atomic E-state index is -0.769. The van der Waals surface area contributed by atoms with Crippen LogP contribution in [0.3, 0.4) is 0 Å². The van der Waals surface area contributed by atoms with E-state index in [1.54, 1.807) is 10.7 Å². The number of nitrogens with zero attached hydrogens (tertiary/aromatic N) is 6. The van der Waals surface area contributed by atoms with Crippen LogP contribution in [-0.2, 0) is 0 Å². The molecule has 8 heteroatoms. The molecular weight excluding hydrogens is 357 g/mol. The average molecular weight is 381 g/mol. The zero-order valence-corrected chi connectivity index (χ0v) is 15.7. The highest BCUT2D eigenvalue weighted by Crippen LogP contribution is 2.21. The van der Waals surface area contributed by atoms with Crippen molar-refractivity contribution in [3.63, 3.8) is 0 Å². The molecule has 2 aliphatic heterocycles. The molecule has 1 unspecified atom stereocenters. The number of anilines is 1. The van der Waals surface area contributed by atoms with E-state index in [1.165, 1.54) is 0 Å². The first-order valence-corrected chi connectivity index (χ1v) is 9.94. The number of imidazole rings is 1. The second-order valence-corrected chi connectivity index (χ2v) is 7.51. The summed E-state index contributed by atoms with van der Waals surface area (Å²) < 4.78 is 17.4. The number of alkyl halides is 1. The van der Waals surface area contributed by atoms with E-state index in [1.807, 2.05) is 35.3 Å². The van der Waals surface area contributed by atoms with Gasteiger partial charge in [0.05, 0.1) is 30.2 Å². The molecule has 28 heavy (non-hydrogen) atoms. The summed E-state index contributed by atoms with van der Waals surface area (Å²) in [5.74, 6) is 0.787. The van der Waals surface area contributed by atoms with Crippen LogP contribution in [0.2, 0.25) is 0 Å². The quantitative estimate of drug-likeness (QED) is 0.753. The van der Waals surface area contributed by atoms with E-state index in [9.17, 15) is 4.39 Å². The van der Waals surface area contributed by atoms with Crippen LogP contribution in [0, 0.1) is 0 Å². The van der Waals surface area contributed by atoms with Crippen LogP contribution >= 0.6 is 0 Å². The number of hydrogen-bond acceptors (Lipinski definition) is 5. The highest BCUT2D eigenvalue weighted by molar-refractivity contribution is 5.67. The lowest BCUT2D eigenvalue weighted by molar-refractivity contribution is 0.343. The Balaban J connectivity index is 1.36. The van der Waals surface area contributed by atoms with Gasteiger partial charge in [0.1, 0.15) is 12.0 Å². The van der Waals surface area contributed by atoms with Gasteiger partial charge in [0, 0.05) is 12.7 Å². The van der Waals surface area contributed by atoms with Gasteiger partial charge in [-0.25, -0.2) is 13.9 Å². The summed E-state index contributed by atoms with van der Waals surface area (Å²) in [5.41, 5.74) is 2.58. The fraction of sp³-hybridized carbons (Fsp3) is 0.450. The van der Waals surface area contributed by atoms with Gasteiger partial charge in [-0.1, -0.05) is 0 Å². The maximum absolute atomic E-state index is 13.5. The van der Waals surface area contributed by atoms with E-state index in [-0.39, 0.29) is 0 Å². The lowest BCUT2D eigenvalue weighted by atomic mass is 10.1. The van der Waals surface area contributed by atoms with Gasteiger partial charge in [0.2, 0.25) is 0 Å². The Morgan fingerprint density at radius 1 is 1.07 bits per heavy atom. The molecule has 0 amide bonds. The summed E-state index contributed by atoms with van der Waals surface area (Å²) in [6, 6.07) is 6.35. The third kappa shape index (κ3) is 3.40. The van der Waals surface area contributed by atoms with Crippen LogP contribution in [-0.4, -0.2) is 56.7 Å². The maximum Gasteiger partial charge on any atom is 0.154 e. The predicted molar refractivity (Wildman–Crippen MR) is 107 cm³/mol. The van der Waals surface area contributed by atoms with E-state index in [0.717, 1.165) is 48.8 Å². The normalized spacial score (nSPS) is 21.3. The molecule has 146 valence electrons. The van der Waals surface area contributed by atoms with Gasteiger partial charge in [0.15, 0.2) is 5.65 Å². The van der Waals surface area contributed by atoms with E-state index >= 15 is 0 Å². The number of aromatic nitrogens is 5. The summed E-state index contributed by atoms with van der Waals surface area (Å²) in [6.45, 7) is 3.21. The standard InChI is InChI=1S/C20H24FN7/c21-15-7-11-26(14-15)20-4-3-19-23-13-18(28(19)25-20)2-1-16-8-12-27(24-16)17-5-9-22-10-6-17/h1-4,8,12-13,15,17,22H,5-7,9-11,14H2/b2-1+. The second-order valence-electron chi connectivity index (χ2n) is 7.51. The van der Waals surface area contributed by atoms with E-state index in [0.29, 0.717) is 25.6 Å². The van der Waals surface area contributed by atoms with E-state index < -0.39 is 6.17 Å². The molecule has 3 aromatic heterocycles. The molecule has 5 heterocycles. The van der Waals surface area contributed by atoms with Crippen molar-refractivity contribution in [2.75, 3.05) is 31.1 Å². The van der Waals surface area contributed by atoms with Gasteiger partial charge in [0.25, 0.3) is 0 Å². The van der Waals surface area contributed by atoms with Gasteiger partial charge in [-0.05, 0) is 62.7 Å². The fourth-order valence-electron chi connectivity index (χ4n) is 3.98. The predicted octanol–water partition coefficient (Wildman–Crippen LogP) is 2.57. The SMILES string of the molecule is FC1CCN(c2ccc3ncc(/C=C/c4ccn(C5CCNCC5)n4)n3n2)C1. The van der Waals surface area contributed by atoms with E-state index in [2.05, 4.69) is 26.3 Å². The Morgan fingerprint density at radius 2 is 1.96 bits per heavy atom. The molecule has 1 atom stereocenters. The van der Waals surface area contributed by atoms with Crippen LogP contribution in [0.5, 0.6) is 0 Å².